The molecule has 52 heavy (non-hydrogen) atoms. The maximum atomic E-state index is 13.8. The first kappa shape index (κ1) is 37.2. The number of hydrogen-bond donors (Lipinski definition) is 2. The Morgan fingerprint density at radius 3 is 2.40 bits per heavy atom. The van der Waals surface area contributed by atoms with E-state index in [9.17, 15) is 14.4 Å². The van der Waals surface area contributed by atoms with Gasteiger partial charge in [-0.3, -0.25) is 14.7 Å². The number of fused-ring (bicyclic) bond motifs is 1. The van der Waals surface area contributed by atoms with E-state index in [1.807, 2.05) is 52.8 Å². The third-order valence-electron chi connectivity index (χ3n) is 12.0. The molecular formula is C39H52N6O7. The van der Waals surface area contributed by atoms with Gasteiger partial charge in [-0.25, -0.2) is 19.1 Å². The summed E-state index contributed by atoms with van der Waals surface area (Å²) in [5.74, 6) is -0.0955. The topological polar surface area (TPSA) is 141 Å². The number of carbonyl (C=O) groups is 3. The molecule has 2 aliphatic carbocycles. The highest BCUT2D eigenvalue weighted by atomic mass is 16.6. The number of H-pyrrole nitrogens is 1. The van der Waals surface area contributed by atoms with Gasteiger partial charge in [0.1, 0.15) is 11.6 Å². The molecule has 2 saturated carbocycles. The number of aryl methyl sites for hydroxylation is 2. The first-order valence-corrected chi connectivity index (χ1v) is 18.7. The third-order valence-corrected chi connectivity index (χ3v) is 12.0. The maximum absolute atomic E-state index is 13.8. The average Bonchev–Trinajstić information content (AvgIpc) is 3.66. The second-order valence-electron chi connectivity index (χ2n) is 14.9. The van der Waals surface area contributed by atoms with Crippen LogP contribution in [0.5, 0.6) is 17.4 Å². The van der Waals surface area contributed by atoms with Gasteiger partial charge < -0.3 is 29.2 Å². The number of aromatic nitrogens is 3. The monoisotopic (exact) mass is 716 g/mol. The Hall–Kier alpha value is -4.57. The predicted octanol–water partition coefficient (Wildman–Crippen LogP) is 7.03. The fraction of sp³-hybridized carbons (Fsp3) is 0.615. The highest BCUT2D eigenvalue weighted by Gasteiger charge is 2.69. The van der Waals surface area contributed by atoms with E-state index in [4.69, 9.17) is 30.5 Å². The largest absolute Gasteiger partial charge is 0.475 e. The predicted molar refractivity (Wildman–Crippen MR) is 194 cm³/mol. The van der Waals surface area contributed by atoms with Crippen molar-refractivity contribution in [3.05, 3.63) is 46.6 Å². The number of rotatable bonds is 10. The molecule has 13 heteroatoms. The van der Waals surface area contributed by atoms with Crippen LogP contribution in [0.4, 0.5) is 10.5 Å². The van der Waals surface area contributed by atoms with Crippen LogP contribution in [0.1, 0.15) is 102 Å². The van der Waals surface area contributed by atoms with Gasteiger partial charge >= 0.3 is 12.1 Å². The number of β-lactam (4-membered cyclic amide) rings is 1. The number of hydrogen-bond acceptors (Lipinski definition) is 8. The van der Waals surface area contributed by atoms with Crippen LogP contribution in [0.25, 0.3) is 10.5 Å². The van der Waals surface area contributed by atoms with Crippen LogP contribution < -0.4 is 19.5 Å². The normalized spacial score (nSPS) is 28.5. The van der Waals surface area contributed by atoms with Crippen molar-refractivity contribution in [3.8, 4) is 17.4 Å². The summed E-state index contributed by atoms with van der Waals surface area (Å²) in [7, 11) is 1.65. The second-order valence-corrected chi connectivity index (χ2v) is 14.9. The van der Waals surface area contributed by atoms with Gasteiger partial charge in [-0.2, -0.15) is 0 Å². The number of amides is 2. The molecule has 13 nitrogen and oxygen atoms in total. The van der Waals surface area contributed by atoms with E-state index in [2.05, 4.69) is 29.1 Å². The Morgan fingerprint density at radius 2 is 1.81 bits per heavy atom. The van der Waals surface area contributed by atoms with E-state index in [1.165, 1.54) is 9.42 Å². The minimum absolute atomic E-state index is 0.0488. The summed E-state index contributed by atoms with van der Waals surface area (Å²) < 4.78 is 26.2. The number of nitrogens with one attached hydrogen (secondary N) is 2. The van der Waals surface area contributed by atoms with Crippen molar-refractivity contribution in [1.29, 1.82) is 0 Å². The van der Waals surface area contributed by atoms with Gasteiger partial charge in [0.25, 0.3) is 11.6 Å². The number of benzene rings is 1. The van der Waals surface area contributed by atoms with E-state index in [1.54, 1.807) is 7.11 Å². The zero-order chi connectivity index (χ0) is 37.5. The van der Waals surface area contributed by atoms with E-state index >= 15 is 0 Å². The molecule has 3 heterocycles. The van der Waals surface area contributed by atoms with Gasteiger partial charge in [-0.05, 0) is 89.7 Å². The lowest BCUT2D eigenvalue weighted by Gasteiger charge is -2.60. The van der Waals surface area contributed by atoms with Gasteiger partial charge in [0, 0.05) is 26.1 Å². The van der Waals surface area contributed by atoms with Crippen LogP contribution in [0.2, 0.25) is 0 Å². The van der Waals surface area contributed by atoms with E-state index in [0.717, 1.165) is 30.4 Å². The molecule has 2 amide bonds. The smallest absolute Gasteiger partial charge is 0.415 e. The fourth-order valence-electron chi connectivity index (χ4n) is 8.99. The first-order valence-electron chi connectivity index (χ1n) is 18.7. The summed E-state index contributed by atoms with van der Waals surface area (Å²) >= 11 is 0. The molecule has 1 aliphatic heterocycles. The van der Waals surface area contributed by atoms with Crippen molar-refractivity contribution >= 4 is 29.3 Å². The Labute approximate surface area is 305 Å². The molecule has 0 bridgehead atoms. The molecule has 280 valence electrons. The standard InChI is InChI=1S/C39H52N6O7/c1-10-39(52-27-17-16-22(4)20-25(27)7)36(47)42-38(39)19-18-28(49-9)26(21-38)32-41-33-31(50-35(46)29-23(5)14-13-15-24(29)6)30(40-8)34(45(33)43-32)51-37(48)44(11-2)12-3/h16-17,20,23-24,26,28-29H,10-15,18-19,21H2,1-7,9H3,(H,41,43)(H,42,47). The van der Waals surface area contributed by atoms with Crippen LogP contribution in [-0.2, 0) is 14.3 Å². The molecule has 2 N–H and O–H groups in total. The highest BCUT2D eigenvalue weighted by Crippen LogP contribution is 2.53. The fourth-order valence-corrected chi connectivity index (χ4v) is 8.99. The van der Waals surface area contributed by atoms with Crippen LogP contribution >= 0.6 is 0 Å². The molecule has 6 atom stereocenters. The van der Waals surface area contributed by atoms with Crippen LogP contribution in [0.15, 0.2) is 18.2 Å². The summed E-state index contributed by atoms with van der Waals surface area (Å²) in [5, 5.41) is 6.53. The van der Waals surface area contributed by atoms with Crippen LogP contribution in [0, 0.1) is 38.2 Å². The highest BCUT2D eigenvalue weighted by molar-refractivity contribution is 5.95. The first-order chi connectivity index (χ1) is 24.9. The molecule has 1 saturated heterocycles. The molecule has 3 aliphatic rings. The molecule has 1 aromatic carbocycles. The minimum Gasteiger partial charge on any atom is -0.475 e. The number of esters is 1. The number of ether oxygens (including phenoxy) is 4. The van der Waals surface area contributed by atoms with Crippen molar-refractivity contribution in [2.24, 2.45) is 17.8 Å². The molecular weight excluding hydrogens is 664 g/mol. The molecule has 6 unspecified atom stereocenters. The Morgan fingerprint density at radius 1 is 1.10 bits per heavy atom. The lowest BCUT2D eigenvalue weighted by Crippen LogP contribution is -2.84. The number of nitrogens with zero attached hydrogens (tertiary/aromatic N) is 4. The van der Waals surface area contributed by atoms with Gasteiger partial charge in [0.2, 0.25) is 11.5 Å². The van der Waals surface area contributed by atoms with Crippen molar-refractivity contribution < 1.29 is 33.3 Å². The number of methoxy groups -OCH3 is 1. The number of carbonyl (C=O) groups excluding carboxylic acids is 3. The SMILES string of the molecule is [C-]#[N+]c1c(OC(=O)C2C(C)CCCC2C)c2nc(C3CC4(CCC3OC)NC(=O)C4(CC)Oc3ccc(C)cc3C)[nH]n2c1OC(=O)N(CC)CC. The second kappa shape index (κ2) is 14.5. The average molecular weight is 717 g/mol. The van der Waals surface area contributed by atoms with Crippen molar-refractivity contribution in [2.45, 2.75) is 117 Å². The number of aromatic amines is 1. The Kier molecular flexibility index (Phi) is 10.3. The van der Waals surface area contributed by atoms with Crippen LogP contribution in [-0.4, -0.2) is 74.9 Å². The molecule has 3 aromatic rings. The van der Waals surface area contributed by atoms with E-state index in [0.29, 0.717) is 50.3 Å². The summed E-state index contributed by atoms with van der Waals surface area (Å²) in [6.45, 7) is 22.7. The third kappa shape index (κ3) is 6.08. The van der Waals surface area contributed by atoms with Gasteiger partial charge in [0.15, 0.2) is 11.4 Å². The molecule has 1 spiro atoms. The lowest BCUT2D eigenvalue weighted by atomic mass is 9.59. The van der Waals surface area contributed by atoms with Gasteiger partial charge in [-0.1, -0.05) is 44.9 Å². The van der Waals surface area contributed by atoms with E-state index < -0.39 is 23.2 Å². The Balaban J connectivity index is 1.42. The van der Waals surface area contributed by atoms with Gasteiger partial charge in [0.05, 0.1) is 24.1 Å². The quantitative estimate of drug-likeness (QED) is 0.130. The Bertz CT molecular complexity index is 1880. The summed E-state index contributed by atoms with van der Waals surface area (Å²) in [6, 6.07) is 5.94. The van der Waals surface area contributed by atoms with Crippen molar-refractivity contribution in [3.63, 3.8) is 0 Å². The molecule has 0 radical (unpaired) electrons. The van der Waals surface area contributed by atoms with E-state index in [-0.39, 0.29) is 58.6 Å². The minimum atomic E-state index is -1.12. The summed E-state index contributed by atoms with van der Waals surface area (Å²) in [4.78, 5) is 50.8. The molecule has 3 fully saturated rings. The zero-order valence-electron chi connectivity index (χ0n) is 31.6. The zero-order valence-corrected chi connectivity index (χ0v) is 31.6. The van der Waals surface area contributed by atoms with Gasteiger partial charge in [-0.15, -0.1) is 0 Å². The lowest BCUT2D eigenvalue weighted by molar-refractivity contribution is -0.180. The van der Waals surface area contributed by atoms with Crippen molar-refractivity contribution in [2.75, 3.05) is 20.2 Å². The summed E-state index contributed by atoms with van der Waals surface area (Å²) in [5.41, 5.74) is 0.264. The van der Waals surface area contributed by atoms with Crippen molar-refractivity contribution in [1.82, 2.24) is 24.8 Å². The molecule has 6 rings (SSSR count). The molecule has 2 aromatic heterocycles. The summed E-state index contributed by atoms with van der Waals surface area (Å²) in [6.07, 6.45) is 4.06. The van der Waals surface area contributed by atoms with Crippen LogP contribution in [0.3, 0.4) is 0 Å². The maximum Gasteiger partial charge on any atom is 0.415 e.